The second kappa shape index (κ2) is 6.10. The monoisotopic (exact) mass is 327 g/mol. The van der Waals surface area contributed by atoms with Crippen LogP contribution in [-0.2, 0) is 0 Å². The fourth-order valence-corrected chi connectivity index (χ4v) is 2.39. The molecule has 0 aliphatic heterocycles. The molecule has 0 radical (unpaired) electrons. The van der Waals surface area contributed by atoms with Crippen molar-refractivity contribution in [3.05, 3.63) is 69.1 Å². The average Bonchev–Trinajstić information content (AvgIpc) is 2.54. The zero-order chi connectivity index (χ0) is 16.4. The molecule has 7 heteroatoms. The highest BCUT2D eigenvalue weighted by atomic mass is 35.5. The Labute approximate surface area is 137 Å². The summed E-state index contributed by atoms with van der Waals surface area (Å²) < 4.78 is 1.47. The van der Waals surface area contributed by atoms with Gasteiger partial charge in [-0.1, -0.05) is 17.7 Å². The van der Waals surface area contributed by atoms with Crippen molar-refractivity contribution in [1.29, 1.82) is 0 Å². The third-order valence-electron chi connectivity index (χ3n) is 3.39. The highest BCUT2D eigenvalue weighted by molar-refractivity contribution is 6.30. The van der Waals surface area contributed by atoms with Gasteiger partial charge < -0.3 is 11.2 Å². The minimum absolute atomic E-state index is 0.246. The van der Waals surface area contributed by atoms with Crippen LogP contribution >= 0.6 is 11.6 Å². The molecule has 0 amide bonds. The Kier molecular flexibility index (Phi) is 3.99. The maximum atomic E-state index is 12.7. The van der Waals surface area contributed by atoms with Crippen molar-refractivity contribution >= 4 is 35.0 Å². The lowest BCUT2D eigenvalue weighted by Gasteiger charge is -2.11. The molecule has 0 saturated heterocycles. The van der Waals surface area contributed by atoms with Crippen LogP contribution in [0.4, 0.5) is 11.5 Å². The third-order valence-corrected chi connectivity index (χ3v) is 3.65. The number of anilines is 2. The number of rotatable bonds is 3. The van der Waals surface area contributed by atoms with Gasteiger partial charge in [-0.3, -0.25) is 9.20 Å². The van der Waals surface area contributed by atoms with Gasteiger partial charge in [-0.05, 0) is 42.8 Å². The predicted octanol–water partition coefficient (Wildman–Crippen LogP) is 2.69. The lowest BCUT2D eigenvalue weighted by molar-refractivity contribution is 1.03. The third kappa shape index (κ3) is 2.89. The number of hydrogen-bond donors (Lipinski definition) is 2. The van der Waals surface area contributed by atoms with Gasteiger partial charge in [-0.25, -0.2) is 4.98 Å². The summed E-state index contributed by atoms with van der Waals surface area (Å²) in [5.41, 5.74) is 2.25. The maximum Gasteiger partial charge on any atom is 0.268 e. The first-order chi connectivity index (χ1) is 11.1. The Hall–Kier alpha value is -2.86. The molecule has 2 aromatic heterocycles. The van der Waals surface area contributed by atoms with Crippen LogP contribution in [0.2, 0.25) is 5.02 Å². The van der Waals surface area contributed by atoms with Gasteiger partial charge in [0.1, 0.15) is 17.0 Å². The van der Waals surface area contributed by atoms with E-state index in [-0.39, 0.29) is 11.1 Å². The van der Waals surface area contributed by atoms with Gasteiger partial charge in [0.25, 0.3) is 5.56 Å². The van der Waals surface area contributed by atoms with Crippen LogP contribution < -0.4 is 16.7 Å². The number of aromatic nitrogens is 2. The van der Waals surface area contributed by atoms with E-state index in [4.69, 9.17) is 17.4 Å². The van der Waals surface area contributed by atoms with Gasteiger partial charge in [0, 0.05) is 16.9 Å². The molecule has 2 heterocycles. The van der Waals surface area contributed by atoms with E-state index in [1.165, 1.54) is 10.6 Å². The molecular formula is C16H14ClN5O. The molecule has 0 saturated carbocycles. The minimum atomic E-state index is -0.246. The normalized spacial score (nSPS) is 11.2. The van der Waals surface area contributed by atoms with E-state index in [1.807, 2.05) is 13.0 Å². The van der Waals surface area contributed by atoms with E-state index >= 15 is 0 Å². The molecule has 3 rings (SSSR count). The Morgan fingerprint density at radius 2 is 2.04 bits per heavy atom. The average molecular weight is 328 g/mol. The first-order valence-electron chi connectivity index (χ1n) is 6.88. The molecule has 0 spiro atoms. The number of benzene rings is 1. The predicted molar refractivity (Wildman–Crippen MR) is 92.7 cm³/mol. The molecule has 0 fully saturated rings. The summed E-state index contributed by atoms with van der Waals surface area (Å²) >= 11 is 5.89. The van der Waals surface area contributed by atoms with Crippen molar-refractivity contribution in [3.8, 4) is 0 Å². The van der Waals surface area contributed by atoms with Crippen LogP contribution in [0, 0.1) is 6.92 Å². The van der Waals surface area contributed by atoms with Crippen LogP contribution in [0.15, 0.2) is 52.5 Å². The van der Waals surface area contributed by atoms with E-state index in [0.29, 0.717) is 16.5 Å². The molecule has 6 nitrogen and oxygen atoms in total. The Bertz CT molecular complexity index is 947. The van der Waals surface area contributed by atoms with Crippen molar-refractivity contribution in [2.24, 2.45) is 10.9 Å². The number of nitrogens with two attached hydrogens (primary N) is 1. The number of hydrazone groups is 1. The molecule has 23 heavy (non-hydrogen) atoms. The van der Waals surface area contributed by atoms with Crippen molar-refractivity contribution < 1.29 is 0 Å². The molecule has 1 aromatic carbocycles. The molecule has 0 aliphatic carbocycles. The molecular weight excluding hydrogens is 314 g/mol. The van der Waals surface area contributed by atoms with E-state index in [9.17, 15) is 4.79 Å². The molecule has 0 aliphatic rings. The van der Waals surface area contributed by atoms with Crippen LogP contribution in [0.5, 0.6) is 0 Å². The fourth-order valence-electron chi connectivity index (χ4n) is 2.27. The van der Waals surface area contributed by atoms with Gasteiger partial charge >= 0.3 is 0 Å². The number of pyridine rings is 1. The lowest BCUT2D eigenvalue weighted by Crippen LogP contribution is -2.22. The number of hydrogen-bond acceptors (Lipinski definition) is 5. The lowest BCUT2D eigenvalue weighted by atomic mass is 10.2. The Balaban J connectivity index is 2.21. The van der Waals surface area contributed by atoms with Crippen LogP contribution in [0.25, 0.3) is 5.65 Å². The van der Waals surface area contributed by atoms with Crippen LogP contribution in [-0.4, -0.2) is 15.6 Å². The zero-order valence-electron chi connectivity index (χ0n) is 12.3. The topological polar surface area (TPSA) is 84.8 Å². The number of halogens is 1. The van der Waals surface area contributed by atoms with Crippen molar-refractivity contribution in [2.75, 3.05) is 5.32 Å². The van der Waals surface area contributed by atoms with E-state index in [0.717, 1.165) is 11.3 Å². The molecule has 3 aromatic rings. The Morgan fingerprint density at radius 3 is 2.74 bits per heavy atom. The Morgan fingerprint density at radius 1 is 1.30 bits per heavy atom. The quantitative estimate of drug-likeness (QED) is 0.440. The fraction of sp³-hybridized carbons (Fsp3) is 0.0625. The summed E-state index contributed by atoms with van der Waals surface area (Å²) in [7, 11) is 0. The molecule has 0 bridgehead atoms. The first kappa shape index (κ1) is 15.1. The summed E-state index contributed by atoms with van der Waals surface area (Å²) in [6, 6.07) is 10.8. The first-order valence-corrected chi connectivity index (χ1v) is 7.26. The van der Waals surface area contributed by atoms with Gasteiger partial charge in [-0.15, -0.1) is 0 Å². The van der Waals surface area contributed by atoms with Gasteiger partial charge in [-0.2, -0.15) is 5.10 Å². The zero-order valence-corrected chi connectivity index (χ0v) is 13.1. The van der Waals surface area contributed by atoms with E-state index < -0.39 is 0 Å². The van der Waals surface area contributed by atoms with Crippen LogP contribution in [0.1, 0.15) is 11.1 Å². The summed E-state index contributed by atoms with van der Waals surface area (Å²) in [4.78, 5) is 17.2. The second-order valence-electron chi connectivity index (χ2n) is 4.97. The number of nitrogens with zero attached hydrogens (tertiary/aromatic N) is 3. The maximum absolute atomic E-state index is 12.7. The van der Waals surface area contributed by atoms with Crippen molar-refractivity contribution in [2.45, 2.75) is 6.92 Å². The number of nitrogens with one attached hydrogen (secondary N) is 1. The number of aryl methyl sites for hydroxylation is 1. The van der Waals surface area contributed by atoms with Gasteiger partial charge in [0.15, 0.2) is 0 Å². The molecule has 3 N–H and O–H groups in total. The summed E-state index contributed by atoms with van der Waals surface area (Å²) in [5, 5.41) is 7.21. The highest BCUT2D eigenvalue weighted by Gasteiger charge is 2.12. The largest absolute Gasteiger partial charge is 0.339 e. The van der Waals surface area contributed by atoms with E-state index in [1.54, 1.807) is 36.5 Å². The summed E-state index contributed by atoms with van der Waals surface area (Å²) in [6.07, 6.45) is 2.96. The molecule has 0 atom stereocenters. The van der Waals surface area contributed by atoms with Crippen molar-refractivity contribution in [1.82, 2.24) is 9.38 Å². The summed E-state index contributed by atoms with van der Waals surface area (Å²) in [5.74, 6) is 5.62. The van der Waals surface area contributed by atoms with E-state index in [2.05, 4.69) is 15.4 Å². The number of fused-ring (bicyclic) bond motifs is 1. The minimum Gasteiger partial charge on any atom is -0.339 e. The SMILES string of the molecule is Cc1cccn2c(=O)c(/C=N/N)c(Nc3ccc(Cl)cc3)nc12. The summed E-state index contributed by atoms with van der Waals surface area (Å²) in [6.45, 7) is 1.89. The molecule has 116 valence electrons. The highest BCUT2D eigenvalue weighted by Crippen LogP contribution is 2.20. The standard InChI is InChI=1S/C16H14ClN5O/c1-10-3-2-8-22-15(10)21-14(13(9-19-18)16(22)23)20-12-6-4-11(17)5-7-12/h2-9,20H,18H2,1H3/b19-9+. The van der Waals surface area contributed by atoms with Crippen molar-refractivity contribution in [3.63, 3.8) is 0 Å². The van der Waals surface area contributed by atoms with Gasteiger partial charge in [0.2, 0.25) is 0 Å². The second-order valence-corrected chi connectivity index (χ2v) is 5.41. The van der Waals surface area contributed by atoms with Gasteiger partial charge in [0.05, 0.1) is 6.21 Å². The smallest absolute Gasteiger partial charge is 0.268 e. The molecule has 0 unspecified atom stereocenters. The van der Waals surface area contributed by atoms with Crippen LogP contribution in [0.3, 0.4) is 0 Å².